The van der Waals surface area contributed by atoms with Gasteiger partial charge in [0, 0.05) is 22.3 Å². The van der Waals surface area contributed by atoms with Crippen molar-refractivity contribution in [1.29, 1.82) is 0 Å². The van der Waals surface area contributed by atoms with Gasteiger partial charge in [0.25, 0.3) is 0 Å². The number of hydrogen-bond donors (Lipinski definition) is 2. The number of methoxy groups -OCH3 is 2. The number of anilines is 2. The zero-order valence-corrected chi connectivity index (χ0v) is 15.1. The lowest BCUT2D eigenvalue weighted by Crippen LogP contribution is -2.19. The van der Waals surface area contributed by atoms with Crippen molar-refractivity contribution < 1.29 is 9.47 Å². The van der Waals surface area contributed by atoms with Gasteiger partial charge >= 0.3 is 0 Å². The van der Waals surface area contributed by atoms with Crippen LogP contribution in [0.5, 0.6) is 11.5 Å². The number of benzene rings is 2. The molecule has 2 aromatic carbocycles. The van der Waals surface area contributed by atoms with E-state index in [1.54, 1.807) is 26.4 Å². The van der Waals surface area contributed by atoms with E-state index in [1.807, 2.05) is 24.3 Å². The minimum Gasteiger partial charge on any atom is -0.495 e. The van der Waals surface area contributed by atoms with Gasteiger partial charge in [0.2, 0.25) is 0 Å². The van der Waals surface area contributed by atoms with E-state index in [-0.39, 0.29) is 0 Å². The van der Waals surface area contributed by atoms with Crippen molar-refractivity contribution in [2.24, 2.45) is 0 Å². The van der Waals surface area contributed by atoms with Gasteiger partial charge in [-0.05, 0) is 30.4 Å². The predicted molar refractivity (Wildman–Crippen MR) is 98.5 cm³/mol. The van der Waals surface area contributed by atoms with Gasteiger partial charge in [0.1, 0.15) is 11.5 Å². The van der Waals surface area contributed by atoms with Gasteiger partial charge in [-0.25, -0.2) is 0 Å². The molecule has 116 valence electrons. The second-order valence-electron chi connectivity index (χ2n) is 4.28. The SMILES string of the molecule is COc1cc(NC(=S)Nc2cccc(Br)c2)c(OC)cc1Cl. The topological polar surface area (TPSA) is 42.5 Å². The first-order valence-electron chi connectivity index (χ1n) is 6.28. The van der Waals surface area contributed by atoms with Crippen LogP contribution in [0.3, 0.4) is 0 Å². The van der Waals surface area contributed by atoms with Crippen molar-refractivity contribution in [2.75, 3.05) is 24.9 Å². The van der Waals surface area contributed by atoms with Gasteiger partial charge in [-0.2, -0.15) is 0 Å². The zero-order chi connectivity index (χ0) is 16.1. The van der Waals surface area contributed by atoms with Crippen LogP contribution in [-0.2, 0) is 0 Å². The molecular weight excluding hydrogens is 388 g/mol. The first-order valence-corrected chi connectivity index (χ1v) is 7.86. The van der Waals surface area contributed by atoms with Crippen LogP contribution in [0.15, 0.2) is 40.9 Å². The molecule has 0 aliphatic heterocycles. The van der Waals surface area contributed by atoms with Gasteiger partial charge in [-0.3, -0.25) is 0 Å². The number of nitrogens with one attached hydrogen (secondary N) is 2. The fraction of sp³-hybridized carbons (Fsp3) is 0.133. The summed E-state index contributed by atoms with van der Waals surface area (Å²) in [4.78, 5) is 0. The Kier molecular flexibility index (Phi) is 5.88. The maximum atomic E-state index is 6.08. The van der Waals surface area contributed by atoms with E-state index in [2.05, 4.69) is 26.6 Å². The van der Waals surface area contributed by atoms with Gasteiger partial charge in [-0.1, -0.05) is 33.6 Å². The second-order valence-corrected chi connectivity index (χ2v) is 6.01. The molecule has 7 heteroatoms. The smallest absolute Gasteiger partial charge is 0.175 e. The quantitative estimate of drug-likeness (QED) is 0.711. The molecular formula is C15H14BrClN2O2S. The molecule has 0 aromatic heterocycles. The van der Waals surface area contributed by atoms with Crippen LogP contribution in [0.4, 0.5) is 11.4 Å². The Morgan fingerprint density at radius 2 is 1.82 bits per heavy atom. The molecule has 0 aliphatic carbocycles. The average molecular weight is 402 g/mol. The Morgan fingerprint density at radius 1 is 1.09 bits per heavy atom. The van der Waals surface area contributed by atoms with Gasteiger partial charge in [0.15, 0.2) is 5.11 Å². The molecule has 0 bridgehead atoms. The summed E-state index contributed by atoms with van der Waals surface area (Å²) in [6, 6.07) is 11.1. The van der Waals surface area contributed by atoms with E-state index in [9.17, 15) is 0 Å². The Hall–Kier alpha value is -1.50. The summed E-state index contributed by atoms with van der Waals surface area (Å²) in [6.07, 6.45) is 0. The van der Waals surface area contributed by atoms with Gasteiger partial charge in [0.05, 0.1) is 24.9 Å². The number of rotatable bonds is 4. The van der Waals surface area contributed by atoms with Crippen molar-refractivity contribution in [1.82, 2.24) is 0 Å². The van der Waals surface area contributed by atoms with E-state index in [1.165, 1.54) is 0 Å². The molecule has 2 aromatic rings. The third-order valence-electron chi connectivity index (χ3n) is 2.80. The zero-order valence-electron chi connectivity index (χ0n) is 11.9. The highest BCUT2D eigenvalue weighted by Crippen LogP contribution is 2.35. The lowest BCUT2D eigenvalue weighted by Gasteiger charge is -2.15. The van der Waals surface area contributed by atoms with E-state index in [4.69, 9.17) is 33.3 Å². The molecule has 0 spiro atoms. The molecule has 0 unspecified atom stereocenters. The van der Waals surface area contributed by atoms with Crippen molar-refractivity contribution >= 4 is 56.2 Å². The van der Waals surface area contributed by atoms with Crippen molar-refractivity contribution in [2.45, 2.75) is 0 Å². The third kappa shape index (κ3) is 4.25. The van der Waals surface area contributed by atoms with E-state index < -0.39 is 0 Å². The number of thiocarbonyl (C=S) groups is 1. The maximum Gasteiger partial charge on any atom is 0.175 e. The Labute approximate surface area is 147 Å². The summed E-state index contributed by atoms with van der Waals surface area (Å²) < 4.78 is 11.5. The van der Waals surface area contributed by atoms with Crippen LogP contribution in [0, 0.1) is 0 Å². The average Bonchev–Trinajstić information content (AvgIpc) is 2.48. The first-order chi connectivity index (χ1) is 10.5. The highest BCUT2D eigenvalue weighted by atomic mass is 79.9. The highest BCUT2D eigenvalue weighted by Gasteiger charge is 2.11. The Morgan fingerprint density at radius 3 is 2.45 bits per heavy atom. The number of halogens is 2. The van der Waals surface area contributed by atoms with Crippen LogP contribution in [0.25, 0.3) is 0 Å². The third-order valence-corrected chi connectivity index (χ3v) is 3.80. The lowest BCUT2D eigenvalue weighted by molar-refractivity contribution is 0.405. The molecule has 0 fully saturated rings. The molecule has 0 radical (unpaired) electrons. The summed E-state index contributed by atoms with van der Waals surface area (Å²) in [5.74, 6) is 1.11. The van der Waals surface area contributed by atoms with Crippen LogP contribution in [0.2, 0.25) is 5.02 Å². The van der Waals surface area contributed by atoms with Crippen molar-refractivity contribution in [3.8, 4) is 11.5 Å². The molecule has 0 saturated heterocycles. The molecule has 0 saturated carbocycles. The van der Waals surface area contributed by atoms with Crippen molar-refractivity contribution in [3.63, 3.8) is 0 Å². The minimum absolute atomic E-state index is 0.431. The standard InChI is InChI=1S/C15H14BrClN2O2S/c1-20-13-8-12(14(21-2)7-11(13)17)19-15(22)18-10-5-3-4-9(16)6-10/h3-8H,1-2H3,(H2,18,19,22). The highest BCUT2D eigenvalue weighted by molar-refractivity contribution is 9.10. The molecule has 4 nitrogen and oxygen atoms in total. The van der Waals surface area contributed by atoms with E-state index >= 15 is 0 Å². The second kappa shape index (κ2) is 7.67. The number of ether oxygens (including phenoxy) is 2. The van der Waals surface area contributed by atoms with Crippen LogP contribution < -0.4 is 20.1 Å². The van der Waals surface area contributed by atoms with Crippen LogP contribution >= 0.6 is 39.7 Å². The molecule has 2 N–H and O–H groups in total. The normalized spacial score (nSPS) is 10.0. The number of hydrogen-bond acceptors (Lipinski definition) is 3. The summed E-state index contributed by atoms with van der Waals surface area (Å²) >= 11 is 14.8. The molecule has 0 atom stereocenters. The summed E-state index contributed by atoms with van der Waals surface area (Å²) in [5, 5.41) is 7.07. The monoisotopic (exact) mass is 400 g/mol. The Bertz CT molecular complexity index is 697. The molecule has 0 aliphatic rings. The summed E-state index contributed by atoms with van der Waals surface area (Å²) in [7, 11) is 3.11. The largest absolute Gasteiger partial charge is 0.495 e. The van der Waals surface area contributed by atoms with E-state index in [0.717, 1.165) is 10.2 Å². The Balaban J connectivity index is 2.17. The predicted octanol–water partition coefficient (Wildman–Crippen LogP) is 4.93. The first kappa shape index (κ1) is 16.9. The van der Waals surface area contributed by atoms with Gasteiger partial charge in [-0.15, -0.1) is 0 Å². The molecule has 2 rings (SSSR count). The maximum absolute atomic E-state index is 6.08. The molecule has 22 heavy (non-hydrogen) atoms. The molecule has 0 amide bonds. The minimum atomic E-state index is 0.431. The van der Waals surface area contributed by atoms with Crippen LogP contribution in [0.1, 0.15) is 0 Å². The van der Waals surface area contributed by atoms with E-state index in [0.29, 0.717) is 27.3 Å². The summed E-state index contributed by atoms with van der Waals surface area (Å²) in [6.45, 7) is 0. The molecule has 0 heterocycles. The van der Waals surface area contributed by atoms with Crippen LogP contribution in [-0.4, -0.2) is 19.3 Å². The summed E-state index contributed by atoms with van der Waals surface area (Å²) in [5.41, 5.74) is 1.53. The van der Waals surface area contributed by atoms with Gasteiger partial charge < -0.3 is 20.1 Å². The lowest BCUT2D eigenvalue weighted by atomic mass is 10.2. The van der Waals surface area contributed by atoms with Crippen molar-refractivity contribution in [3.05, 3.63) is 45.9 Å². The fourth-order valence-corrected chi connectivity index (χ4v) is 2.67. The fourth-order valence-electron chi connectivity index (χ4n) is 1.81.